The zero-order valence-corrected chi connectivity index (χ0v) is 20.3. The number of phenols is 1. The Kier molecular flexibility index (Phi) is 6.16. The van der Waals surface area contributed by atoms with Crippen molar-refractivity contribution in [2.24, 2.45) is 10.2 Å². The Morgan fingerprint density at radius 2 is 1.88 bits per heavy atom. The Morgan fingerprint density at radius 3 is 2.59 bits per heavy atom. The summed E-state index contributed by atoms with van der Waals surface area (Å²) < 4.78 is 1.80. The third kappa shape index (κ3) is 4.10. The smallest absolute Gasteiger partial charge is 0.246 e. The summed E-state index contributed by atoms with van der Waals surface area (Å²) in [4.78, 5) is 20.1. The summed E-state index contributed by atoms with van der Waals surface area (Å²) in [6.45, 7) is 4.03. The number of aromatic hydroxyl groups is 1. The molecule has 1 aliphatic rings. The molecule has 0 aliphatic carbocycles. The van der Waals surface area contributed by atoms with Gasteiger partial charge >= 0.3 is 0 Å². The van der Waals surface area contributed by atoms with Crippen LogP contribution in [-0.4, -0.2) is 42.2 Å². The summed E-state index contributed by atoms with van der Waals surface area (Å²) in [5.41, 5.74) is 3.13. The summed E-state index contributed by atoms with van der Waals surface area (Å²) in [6, 6.07) is 16.4. The number of phenolic OH excluding ortho intramolecular Hbond substituents is 1. The SMILES string of the molecule is CCc1nn2c(/C=N/N=C3\SC(CC)C(=O)N3c3ccc(O)cc3)c(-c3ccccc3)nc2s1. The second-order valence-electron chi connectivity index (χ2n) is 7.59. The highest BCUT2D eigenvalue weighted by Gasteiger charge is 2.38. The minimum absolute atomic E-state index is 0.0454. The van der Waals surface area contributed by atoms with Crippen molar-refractivity contribution < 1.29 is 9.90 Å². The number of aryl methyl sites for hydroxylation is 1. The molecule has 1 atom stereocenters. The summed E-state index contributed by atoms with van der Waals surface area (Å²) in [5, 5.41) is 24.3. The number of fused-ring (bicyclic) bond motifs is 1. The number of rotatable bonds is 6. The van der Waals surface area contributed by atoms with Crippen LogP contribution in [-0.2, 0) is 11.2 Å². The van der Waals surface area contributed by atoms with Crippen LogP contribution in [0.4, 0.5) is 5.69 Å². The lowest BCUT2D eigenvalue weighted by Crippen LogP contribution is -2.31. The fourth-order valence-corrected chi connectivity index (χ4v) is 5.50. The molecule has 2 aromatic heterocycles. The van der Waals surface area contributed by atoms with E-state index < -0.39 is 0 Å². The Labute approximate surface area is 204 Å². The van der Waals surface area contributed by atoms with Crippen molar-refractivity contribution in [1.82, 2.24) is 14.6 Å². The molecule has 1 saturated heterocycles. The van der Waals surface area contributed by atoms with Crippen LogP contribution in [0.5, 0.6) is 5.75 Å². The molecule has 0 radical (unpaired) electrons. The van der Waals surface area contributed by atoms with Gasteiger partial charge in [-0.2, -0.15) is 10.2 Å². The molecule has 1 N–H and O–H groups in total. The van der Waals surface area contributed by atoms with E-state index in [0.717, 1.165) is 33.3 Å². The normalized spacial score (nSPS) is 17.6. The van der Waals surface area contributed by atoms with Gasteiger partial charge in [0.2, 0.25) is 10.9 Å². The van der Waals surface area contributed by atoms with E-state index in [9.17, 15) is 9.90 Å². The van der Waals surface area contributed by atoms with Crippen LogP contribution in [0.15, 0.2) is 64.8 Å². The number of anilines is 1. The summed E-state index contributed by atoms with van der Waals surface area (Å²) in [6.07, 6.45) is 3.15. The highest BCUT2D eigenvalue weighted by Crippen LogP contribution is 2.34. The van der Waals surface area contributed by atoms with E-state index >= 15 is 0 Å². The Balaban J connectivity index is 1.54. The number of amidine groups is 1. The molecule has 8 nitrogen and oxygen atoms in total. The topological polar surface area (TPSA) is 95.5 Å². The molecule has 1 unspecified atom stereocenters. The number of benzene rings is 2. The van der Waals surface area contributed by atoms with Crippen LogP contribution in [0.2, 0.25) is 0 Å². The number of aromatic nitrogens is 3. The Bertz CT molecular complexity index is 1390. The molecular weight excluding hydrogens is 468 g/mol. The third-order valence-corrected chi connectivity index (χ3v) is 7.71. The number of imidazole rings is 1. The van der Waals surface area contributed by atoms with Gasteiger partial charge in [-0.25, -0.2) is 9.50 Å². The van der Waals surface area contributed by atoms with Crippen molar-refractivity contribution in [3.05, 3.63) is 65.3 Å². The van der Waals surface area contributed by atoms with Crippen LogP contribution in [0, 0.1) is 0 Å². The zero-order chi connectivity index (χ0) is 23.7. The predicted molar refractivity (Wildman–Crippen MR) is 138 cm³/mol. The van der Waals surface area contributed by atoms with Crippen LogP contribution < -0.4 is 4.90 Å². The van der Waals surface area contributed by atoms with E-state index in [2.05, 4.69) is 22.2 Å². The van der Waals surface area contributed by atoms with E-state index in [1.54, 1.807) is 51.2 Å². The molecule has 0 bridgehead atoms. The maximum atomic E-state index is 13.0. The highest BCUT2D eigenvalue weighted by atomic mass is 32.2. The molecule has 34 heavy (non-hydrogen) atoms. The second-order valence-corrected chi connectivity index (χ2v) is 9.80. The van der Waals surface area contributed by atoms with Gasteiger partial charge in [0.25, 0.3) is 0 Å². The minimum Gasteiger partial charge on any atom is -0.508 e. The summed E-state index contributed by atoms with van der Waals surface area (Å²) >= 11 is 2.94. The van der Waals surface area contributed by atoms with E-state index in [-0.39, 0.29) is 16.9 Å². The van der Waals surface area contributed by atoms with Gasteiger partial charge in [0.05, 0.1) is 17.2 Å². The van der Waals surface area contributed by atoms with Gasteiger partial charge in [0, 0.05) is 5.56 Å². The second kappa shape index (κ2) is 9.40. The Hall–Kier alpha value is -3.50. The zero-order valence-electron chi connectivity index (χ0n) is 18.6. The number of amides is 1. The van der Waals surface area contributed by atoms with Crippen LogP contribution in [0.25, 0.3) is 16.2 Å². The lowest BCUT2D eigenvalue weighted by Gasteiger charge is -2.15. The first-order valence-corrected chi connectivity index (χ1v) is 12.6. The van der Waals surface area contributed by atoms with Crippen molar-refractivity contribution in [2.45, 2.75) is 31.9 Å². The fourth-order valence-electron chi connectivity index (χ4n) is 3.64. The predicted octanol–water partition coefficient (Wildman–Crippen LogP) is 4.97. The molecule has 0 saturated carbocycles. The molecule has 1 aliphatic heterocycles. The number of nitrogens with zero attached hydrogens (tertiary/aromatic N) is 6. The van der Waals surface area contributed by atoms with Gasteiger partial charge in [0.15, 0.2) is 5.17 Å². The molecule has 172 valence electrons. The number of carbonyl (C=O) groups is 1. The maximum Gasteiger partial charge on any atom is 0.246 e. The first-order valence-electron chi connectivity index (χ1n) is 10.9. The highest BCUT2D eigenvalue weighted by molar-refractivity contribution is 8.16. The molecule has 0 spiro atoms. The summed E-state index contributed by atoms with van der Waals surface area (Å²) in [5.74, 6) is 0.0930. The van der Waals surface area contributed by atoms with E-state index in [1.165, 1.54) is 11.8 Å². The molecule has 4 aromatic rings. The van der Waals surface area contributed by atoms with Gasteiger partial charge in [-0.05, 0) is 37.1 Å². The van der Waals surface area contributed by atoms with Gasteiger partial charge in [-0.1, -0.05) is 67.3 Å². The first-order chi connectivity index (χ1) is 16.6. The molecule has 10 heteroatoms. The van der Waals surface area contributed by atoms with E-state index in [1.807, 2.05) is 37.3 Å². The first kappa shape index (κ1) is 22.3. The Morgan fingerprint density at radius 1 is 1.12 bits per heavy atom. The van der Waals surface area contributed by atoms with E-state index in [0.29, 0.717) is 17.3 Å². The number of hydrogen-bond donors (Lipinski definition) is 1. The number of thioether (sulfide) groups is 1. The molecule has 5 rings (SSSR count). The van der Waals surface area contributed by atoms with Gasteiger partial charge < -0.3 is 5.11 Å². The molecular formula is C24H22N6O2S2. The van der Waals surface area contributed by atoms with Crippen LogP contribution in [0.3, 0.4) is 0 Å². The lowest BCUT2D eigenvalue weighted by molar-refractivity contribution is -0.116. The average Bonchev–Trinajstić information content (AvgIpc) is 3.51. The molecule has 1 fully saturated rings. The van der Waals surface area contributed by atoms with Crippen LogP contribution >= 0.6 is 23.1 Å². The van der Waals surface area contributed by atoms with Crippen molar-refractivity contribution in [1.29, 1.82) is 0 Å². The molecule has 2 aromatic carbocycles. The van der Waals surface area contributed by atoms with Gasteiger partial charge in [-0.15, -0.1) is 5.10 Å². The fraction of sp³-hybridized carbons (Fsp3) is 0.208. The van der Waals surface area contributed by atoms with Crippen molar-refractivity contribution in [3.8, 4) is 17.0 Å². The quantitative estimate of drug-likeness (QED) is 0.304. The van der Waals surface area contributed by atoms with Crippen LogP contribution in [0.1, 0.15) is 31.0 Å². The molecule has 1 amide bonds. The standard InChI is InChI=1S/C24H22N6O2S2/c1-3-19-22(32)29(16-10-12-17(31)13-11-16)24(33-19)27-25-14-18-21(15-8-6-5-7-9-15)26-23-30(18)28-20(4-2)34-23/h5-14,19,31H,3-4H2,1-2H3/b25-14+,27-24-. The number of carbonyl (C=O) groups excluding carboxylic acids is 1. The van der Waals surface area contributed by atoms with Crippen molar-refractivity contribution >= 4 is 51.0 Å². The van der Waals surface area contributed by atoms with Crippen molar-refractivity contribution in [2.75, 3.05) is 4.90 Å². The largest absolute Gasteiger partial charge is 0.508 e. The summed E-state index contributed by atoms with van der Waals surface area (Å²) in [7, 11) is 0. The minimum atomic E-state index is -0.227. The van der Waals surface area contributed by atoms with Crippen molar-refractivity contribution in [3.63, 3.8) is 0 Å². The third-order valence-electron chi connectivity index (χ3n) is 5.37. The van der Waals surface area contributed by atoms with Gasteiger partial charge in [-0.3, -0.25) is 9.69 Å². The van der Waals surface area contributed by atoms with Gasteiger partial charge in [0.1, 0.15) is 22.1 Å². The number of hydrogen-bond acceptors (Lipinski definition) is 8. The monoisotopic (exact) mass is 490 g/mol. The average molecular weight is 491 g/mol. The molecule has 3 heterocycles. The van der Waals surface area contributed by atoms with E-state index in [4.69, 9.17) is 4.98 Å². The lowest BCUT2D eigenvalue weighted by atomic mass is 10.1. The maximum absolute atomic E-state index is 13.0.